The Bertz CT molecular complexity index is 282. The van der Waals surface area contributed by atoms with Gasteiger partial charge in [0, 0.05) is 10.6 Å². The average Bonchev–Trinajstić information content (AvgIpc) is 2.04. The second kappa shape index (κ2) is 3.60. The van der Waals surface area contributed by atoms with Gasteiger partial charge in [0.15, 0.2) is 0 Å². The summed E-state index contributed by atoms with van der Waals surface area (Å²) >= 11 is 5.57. The summed E-state index contributed by atoms with van der Waals surface area (Å²) in [6.07, 6.45) is 0. The predicted octanol–water partition coefficient (Wildman–Crippen LogP) is 2.78. The number of rotatable bonds is 2. The van der Waals surface area contributed by atoms with Crippen molar-refractivity contribution in [1.29, 1.82) is 0 Å². The first kappa shape index (κ1) is 10.4. The first-order valence-corrected chi connectivity index (χ1v) is 4.22. The fourth-order valence-electron chi connectivity index (χ4n) is 0.935. The van der Waals surface area contributed by atoms with Gasteiger partial charge in [0.1, 0.15) is 0 Å². The summed E-state index contributed by atoms with van der Waals surface area (Å²) in [5.41, 5.74) is 5.05. The maximum atomic E-state index is 13.2. The van der Waals surface area contributed by atoms with Crippen LogP contribution in [0.25, 0.3) is 0 Å². The van der Waals surface area contributed by atoms with E-state index in [1.54, 1.807) is 0 Å². The van der Waals surface area contributed by atoms with Gasteiger partial charge in [-0.25, -0.2) is 0 Å². The lowest BCUT2D eigenvalue weighted by molar-refractivity contribution is -0.0256. The molecule has 1 unspecified atom stereocenters. The van der Waals surface area contributed by atoms with Crippen LogP contribution in [0.5, 0.6) is 0 Å². The maximum Gasteiger partial charge on any atom is 0.287 e. The summed E-state index contributed by atoms with van der Waals surface area (Å²) in [6, 6.07) is 4.21. The van der Waals surface area contributed by atoms with E-state index >= 15 is 0 Å². The fraction of sp³-hybridized carbons (Fsp3) is 0.333. The minimum atomic E-state index is -3.00. The first-order valence-electron chi connectivity index (χ1n) is 3.84. The molecule has 0 aromatic heterocycles. The highest BCUT2D eigenvalue weighted by molar-refractivity contribution is 6.30. The summed E-state index contributed by atoms with van der Waals surface area (Å²) in [4.78, 5) is 0. The van der Waals surface area contributed by atoms with E-state index in [2.05, 4.69) is 0 Å². The normalized spacial score (nSPS) is 14.2. The Morgan fingerprint density at radius 1 is 1.31 bits per heavy atom. The SMILES string of the molecule is CC(N)C(F)(F)c1ccc(Cl)cc1. The Morgan fingerprint density at radius 3 is 2.15 bits per heavy atom. The molecule has 1 aromatic rings. The van der Waals surface area contributed by atoms with E-state index in [9.17, 15) is 8.78 Å². The van der Waals surface area contributed by atoms with Crippen LogP contribution >= 0.6 is 11.6 Å². The number of halogens is 3. The molecule has 0 radical (unpaired) electrons. The number of hydrogen-bond acceptors (Lipinski definition) is 1. The Morgan fingerprint density at radius 2 is 1.77 bits per heavy atom. The number of benzene rings is 1. The lowest BCUT2D eigenvalue weighted by Gasteiger charge is -2.20. The van der Waals surface area contributed by atoms with Crippen molar-refractivity contribution in [3.8, 4) is 0 Å². The molecule has 4 heteroatoms. The molecule has 0 heterocycles. The molecule has 72 valence electrons. The summed E-state index contributed by atoms with van der Waals surface area (Å²) < 4.78 is 26.5. The zero-order valence-corrected chi connectivity index (χ0v) is 7.85. The van der Waals surface area contributed by atoms with Gasteiger partial charge in [0.05, 0.1) is 6.04 Å². The van der Waals surface area contributed by atoms with Crippen LogP contribution in [0.1, 0.15) is 12.5 Å². The molecule has 0 spiro atoms. The highest BCUT2D eigenvalue weighted by atomic mass is 35.5. The number of hydrogen-bond donors (Lipinski definition) is 1. The van der Waals surface area contributed by atoms with Crippen LogP contribution in [-0.4, -0.2) is 6.04 Å². The third-order valence-electron chi connectivity index (χ3n) is 1.80. The Balaban J connectivity index is 3.01. The topological polar surface area (TPSA) is 26.0 Å². The van der Waals surface area contributed by atoms with Crippen LogP contribution in [0.4, 0.5) is 8.78 Å². The van der Waals surface area contributed by atoms with Crippen molar-refractivity contribution in [3.05, 3.63) is 34.9 Å². The molecule has 0 aliphatic rings. The minimum absolute atomic E-state index is 0.105. The second-order valence-corrected chi connectivity index (χ2v) is 3.35. The van der Waals surface area contributed by atoms with Crippen LogP contribution in [0.2, 0.25) is 5.02 Å². The third kappa shape index (κ3) is 2.17. The highest BCUT2D eigenvalue weighted by Gasteiger charge is 2.35. The molecule has 1 aromatic carbocycles. The summed E-state index contributed by atoms with van der Waals surface area (Å²) in [5.74, 6) is -3.00. The van der Waals surface area contributed by atoms with Crippen molar-refractivity contribution in [1.82, 2.24) is 0 Å². The van der Waals surface area contributed by atoms with E-state index in [1.165, 1.54) is 31.2 Å². The van der Waals surface area contributed by atoms with Gasteiger partial charge in [0.25, 0.3) is 5.92 Å². The monoisotopic (exact) mass is 205 g/mol. The smallest absolute Gasteiger partial charge is 0.287 e. The Kier molecular flexibility index (Phi) is 2.88. The van der Waals surface area contributed by atoms with Gasteiger partial charge in [-0.1, -0.05) is 23.7 Å². The van der Waals surface area contributed by atoms with E-state index in [1.807, 2.05) is 0 Å². The number of alkyl halides is 2. The number of nitrogens with two attached hydrogens (primary N) is 1. The zero-order valence-electron chi connectivity index (χ0n) is 7.10. The predicted molar refractivity (Wildman–Crippen MR) is 49.0 cm³/mol. The molecule has 0 saturated heterocycles. The molecule has 0 bridgehead atoms. The molecular weight excluding hydrogens is 196 g/mol. The molecule has 0 amide bonds. The molecule has 0 aliphatic carbocycles. The van der Waals surface area contributed by atoms with Crippen LogP contribution in [0.3, 0.4) is 0 Å². The van der Waals surface area contributed by atoms with E-state index in [0.29, 0.717) is 5.02 Å². The molecular formula is C9H10ClF2N. The van der Waals surface area contributed by atoms with Crippen LogP contribution in [0, 0.1) is 0 Å². The van der Waals surface area contributed by atoms with Crippen molar-refractivity contribution in [2.75, 3.05) is 0 Å². The molecule has 1 nitrogen and oxygen atoms in total. The standard InChI is InChI=1S/C9H10ClF2N/c1-6(13)9(11,12)7-2-4-8(10)5-3-7/h2-6H,13H2,1H3. The van der Waals surface area contributed by atoms with Crippen molar-refractivity contribution in [3.63, 3.8) is 0 Å². The van der Waals surface area contributed by atoms with E-state index in [0.717, 1.165) is 0 Å². The Labute approximate surface area is 80.5 Å². The largest absolute Gasteiger partial charge is 0.323 e. The van der Waals surface area contributed by atoms with Gasteiger partial charge in [-0.05, 0) is 19.1 Å². The zero-order chi connectivity index (χ0) is 10.1. The molecule has 1 rings (SSSR count). The third-order valence-corrected chi connectivity index (χ3v) is 2.05. The molecule has 1 atom stereocenters. The second-order valence-electron chi connectivity index (χ2n) is 2.92. The van der Waals surface area contributed by atoms with Gasteiger partial charge < -0.3 is 5.73 Å². The van der Waals surface area contributed by atoms with Crippen LogP contribution in [-0.2, 0) is 5.92 Å². The summed E-state index contributed by atoms with van der Waals surface area (Å²) in [5, 5.41) is 0.434. The van der Waals surface area contributed by atoms with Crippen molar-refractivity contribution < 1.29 is 8.78 Å². The lowest BCUT2D eigenvalue weighted by Crippen LogP contribution is -2.35. The van der Waals surface area contributed by atoms with Crippen LogP contribution < -0.4 is 5.73 Å². The summed E-state index contributed by atoms with van der Waals surface area (Å²) in [6.45, 7) is 1.27. The Hall–Kier alpha value is -0.670. The molecule has 2 N–H and O–H groups in total. The summed E-state index contributed by atoms with van der Waals surface area (Å²) in [7, 11) is 0. The first-order chi connectivity index (χ1) is 5.94. The average molecular weight is 206 g/mol. The van der Waals surface area contributed by atoms with Crippen LogP contribution in [0.15, 0.2) is 24.3 Å². The highest BCUT2D eigenvalue weighted by Crippen LogP contribution is 2.31. The quantitative estimate of drug-likeness (QED) is 0.790. The van der Waals surface area contributed by atoms with Gasteiger partial charge in [-0.2, -0.15) is 8.78 Å². The fourth-order valence-corrected chi connectivity index (χ4v) is 1.06. The maximum absolute atomic E-state index is 13.2. The molecule has 0 saturated carbocycles. The van der Waals surface area contributed by atoms with Gasteiger partial charge >= 0.3 is 0 Å². The minimum Gasteiger partial charge on any atom is -0.323 e. The molecule has 0 fully saturated rings. The van der Waals surface area contributed by atoms with Gasteiger partial charge in [0.2, 0.25) is 0 Å². The van der Waals surface area contributed by atoms with E-state index < -0.39 is 12.0 Å². The molecule has 13 heavy (non-hydrogen) atoms. The lowest BCUT2D eigenvalue weighted by atomic mass is 10.0. The van der Waals surface area contributed by atoms with E-state index in [-0.39, 0.29) is 5.56 Å². The van der Waals surface area contributed by atoms with Gasteiger partial charge in [-0.3, -0.25) is 0 Å². The van der Waals surface area contributed by atoms with Crippen molar-refractivity contribution in [2.45, 2.75) is 18.9 Å². The van der Waals surface area contributed by atoms with Crippen molar-refractivity contribution in [2.24, 2.45) is 5.73 Å². The van der Waals surface area contributed by atoms with Gasteiger partial charge in [-0.15, -0.1) is 0 Å². The van der Waals surface area contributed by atoms with Crippen molar-refractivity contribution >= 4 is 11.6 Å². The molecule has 0 aliphatic heterocycles. The van der Waals surface area contributed by atoms with E-state index in [4.69, 9.17) is 17.3 Å².